The number of nitrogens with one attached hydrogen (secondary N) is 1. The summed E-state index contributed by atoms with van der Waals surface area (Å²) in [4.78, 5) is 36.5. The van der Waals surface area contributed by atoms with Crippen LogP contribution in [0.15, 0.2) is 21.7 Å². The van der Waals surface area contributed by atoms with E-state index in [1.807, 2.05) is 6.08 Å². The summed E-state index contributed by atoms with van der Waals surface area (Å²) in [5.41, 5.74) is -0.775. The van der Waals surface area contributed by atoms with E-state index in [4.69, 9.17) is 0 Å². The lowest BCUT2D eigenvalue weighted by Crippen LogP contribution is -2.42. The van der Waals surface area contributed by atoms with Crippen molar-refractivity contribution < 1.29 is 4.79 Å². The number of piperidine rings is 1. The van der Waals surface area contributed by atoms with E-state index in [2.05, 4.69) is 5.32 Å². The Kier molecular flexibility index (Phi) is 3.44. The molecule has 0 bridgehead atoms. The Balaban J connectivity index is 2.14. The summed E-state index contributed by atoms with van der Waals surface area (Å²) < 4.78 is 3.87. The SMILES string of the molecule is CC(=O)C1C=CC(C2CCNCC2)n2c(=O)n(C)c(=O)n21. The molecule has 2 aliphatic rings. The van der Waals surface area contributed by atoms with E-state index in [0.717, 1.165) is 30.5 Å². The van der Waals surface area contributed by atoms with Crippen LogP contribution in [0.25, 0.3) is 0 Å². The van der Waals surface area contributed by atoms with Crippen LogP contribution in [0, 0.1) is 5.92 Å². The highest BCUT2D eigenvalue weighted by atomic mass is 16.2. The van der Waals surface area contributed by atoms with Gasteiger partial charge in [0.1, 0.15) is 6.04 Å². The molecule has 1 saturated heterocycles. The Morgan fingerprint density at radius 1 is 1.14 bits per heavy atom. The van der Waals surface area contributed by atoms with Gasteiger partial charge in [-0.3, -0.25) is 4.79 Å². The summed E-state index contributed by atoms with van der Waals surface area (Å²) in [6.07, 6.45) is 5.59. The summed E-state index contributed by atoms with van der Waals surface area (Å²) in [5, 5.41) is 3.30. The number of ketones is 1. The van der Waals surface area contributed by atoms with Gasteiger partial charge in [-0.2, -0.15) is 0 Å². The number of fused-ring (bicyclic) bond motifs is 1. The van der Waals surface area contributed by atoms with Gasteiger partial charge in [0, 0.05) is 7.05 Å². The molecule has 2 aliphatic heterocycles. The Bertz CT molecular complexity index is 703. The number of carbonyl (C=O) groups excluding carboxylic acids is 1. The molecule has 0 amide bonds. The molecule has 2 unspecified atom stereocenters. The van der Waals surface area contributed by atoms with Crippen molar-refractivity contribution in [3.8, 4) is 0 Å². The summed E-state index contributed by atoms with van der Waals surface area (Å²) >= 11 is 0. The third-order valence-electron chi connectivity index (χ3n) is 4.52. The Labute approximate surface area is 121 Å². The zero-order valence-electron chi connectivity index (χ0n) is 12.3. The average molecular weight is 292 g/mol. The molecular formula is C14H20N4O3. The minimum atomic E-state index is -0.677. The van der Waals surface area contributed by atoms with Gasteiger partial charge in [0.2, 0.25) is 0 Å². The van der Waals surface area contributed by atoms with E-state index in [9.17, 15) is 14.4 Å². The van der Waals surface area contributed by atoms with Crippen LogP contribution in [0.5, 0.6) is 0 Å². The number of hydrogen-bond acceptors (Lipinski definition) is 4. The van der Waals surface area contributed by atoms with Crippen LogP contribution in [-0.4, -0.2) is 32.8 Å². The normalized spacial score (nSPS) is 25.8. The Morgan fingerprint density at radius 3 is 2.38 bits per heavy atom. The molecule has 0 saturated carbocycles. The third-order valence-corrected chi connectivity index (χ3v) is 4.52. The molecule has 3 heterocycles. The van der Waals surface area contributed by atoms with Crippen LogP contribution in [0.3, 0.4) is 0 Å². The van der Waals surface area contributed by atoms with Crippen LogP contribution < -0.4 is 16.7 Å². The molecule has 1 aromatic rings. The van der Waals surface area contributed by atoms with Gasteiger partial charge in [0.15, 0.2) is 5.78 Å². The molecule has 2 atom stereocenters. The minimum absolute atomic E-state index is 0.142. The zero-order valence-corrected chi connectivity index (χ0v) is 12.3. The lowest BCUT2D eigenvalue weighted by molar-refractivity contribution is -0.119. The molecule has 114 valence electrons. The van der Waals surface area contributed by atoms with Crippen LogP contribution in [0.4, 0.5) is 0 Å². The predicted octanol–water partition coefficient (Wildman–Crippen LogP) is -0.411. The zero-order chi connectivity index (χ0) is 15.1. The van der Waals surface area contributed by atoms with Gasteiger partial charge in [-0.25, -0.2) is 23.5 Å². The Hall–Kier alpha value is -1.89. The molecular weight excluding hydrogens is 272 g/mol. The number of rotatable bonds is 2. The van der Waals surface area contributed by atoms with Crippen molar-refractivity contribution in [2.75, 3.05) is 13.1 Å². The molecule has 7 nitrogen and oxygen atoms in total. The number of Topliss-reactive ketones (excluding diaryl/α,β-unsaturated/α-hetero) is 1. The van der Waals surface area contributed by atoms with Gasteiger partial charge in [0.05, 0.1) is 6.04 Å². The highest BCUT2D eigenvalue weighted by molar-refractivity contribution is 5.81. The van der Waals surface area contributed by atoms with Crippen LogP contribution in [0.2, 0.25) is 0 Å². The first kappa shape index (κ1) is 14.1. The predicted molar refractivity (Wildman–Crippen MR) is 77.4 cm³/mol. The van der Waals surface area contributed by atoms with Crippen LogP contribution >= 0.6 is 0 Å². The van der Waals surface area contributed by atoms with Crippen molar-refractivity contribution in [2.24, 2.45) is 13.0 Å². The molecule has 0 aliphatic carbocycles. The van der Waals surface area contributed by atoms with Crippen molar-refractivity contribution in [3.63, 3.8) is 0 Å². The average Bonchev–Trinajstić information content (AvgIpc) is 2.72. The van der Waals surface area contributed by atoms with E-state index < -0.39 is 11.7 Å². The van der Waals surface area contributed by atoms with Crippen molar-refractivity contribution in [1.82, 2.24) is 19.2 Å². The molecule has 7 heteroatoms. The monoisotopic (exact) mass is 292 g/mol. The molecule has 1 fully saturated rings. The highest BCUT2D eigenvalue weighted by Gasteiger charge is 2.34. The summed E-state index contributed by atoms with van der Waals surface area (Å²) in [5.74, 6) is 0.164. The van der Waals surface area contributed by atoms with E-state index in [1.54, 1.807) is 6.08 Å². The topological polar surface area (TPSA) is 78.0 Å². The van der Waals surface area contributed by atoms with Gasteiger partial charge >= 0.3 is 11.4 Å². The van der Waals surface area contributed by atoms with Gasteiger partial charge in [-0.05, 0) is 38.8 Å². The second kappa shape index (κ2) is 5.14. The second-order valence-corrected chi connectivity index (χ2v) is 5.83. The van der Waals surface area contributed by atoms with Crippen molar-refractivity contribution in [3.05, 3.63) is 33.1 Å². The van der Waals surface area contributed by atoms with E-state index in [1.165, 1.54) is 23.3 Å². The van der Waals surface area contributed by atoms with Crippen molar-refractivity contribution in [1.29, 1.82) is 0 Å². The smallest absolute Gasteiger partial charge is 0.317 e. The maximum absolute atomic E-state index is 12.4. The van der Waals surface area contributed by atoms with Gasteiger partial charge in [0.25, 0.3) is 0 Å². The molecule has 21 heavy (non-hydrogen) atoms. The number of nitrogens with zero attached hydrogens (tertiary/aromatic N) is 3. The quantitative estimate of drug-likeness (QED) is 0.752. The second-order valence-electron chi connectivity index (χ2n) is 5.83. The molecule has 1 aromatic heterocycles. The maximum Gasteiger partial charge on any atom is 0.347 e. The summed E-state index contributed by atoms with van der Waals surface area (Å²) in [7, 11) is 1.46. The highest BCUT2D eigenvalue weighted by Crippen LogP contribution is 2.30. The largest absolute Gasteiger partial charge is 0.347 e. The fourth-order valence-corrected chi connectivity index (χ4v) is 3.33. The van der Waals surface area contributed by atoms with E-state index in [0.29, 0.717) is 5.92 Å². The fourth-order valence-electron chi connectivity index (χ4n) is 3.33. The number of hydrogen-bond donors (Lipinski definition) is 1. The number of allylic oxidation sites excluding steroid dienone is 2. The van der Waals surface area contributed by atoms with Gasteiger partial charge in [-0.1, -0.05) is 12.2 Å². The maximum atomic E-state index is 12.4. The van der Waals surface area contributed by atoms with Crippen molar-refractivity contribution in [2.45, 2.75) is 31.8 Å². The molecule has 0 radical (unpaired) electrons. The molecule has 0 aromatic carbocycles. The summed E-state index contributed by atoms with van der Waals surface area (Å²) in [6.45, 7) is 3.27. The fraction of sp³-hybridized carbons (Fsp3) is 0.643. The number of carbonyl (C=O) groups is 1. The van der Waals surface area contributed by atoms with Crippen LogP contribution in [0.1, 0.15) is 31.8 Å². The van der Waals surface area contributed by atoms with E-state index >= 15 is 0 Å². The first-order valence-electron chi connectivity index (χ1n) is 7.32. The first-order chi connectivity index (χ1) is 10.0. The van der Waals surface area contributed by atoms with E-state index in [-0.39, 0.29) is 17.5 Å². The summed E-state index contributed by atoms with van der Waals surface area (Å²) in [6, 6.07) is -0.825. The Morgan fingerprint density at radius 2 is 1.76 bits per heavy atom. The van der Waals surface area contributed by atoms with Crippen LogP contribution in [-0.2, 0) is 11.8 Å². The molecule has 3 rings (SSSR count). The number of aromatic nitrogens is 3. The lowest BCUT2D eigenvalue weighted by atomic mass is 9.89. The van der Waals surface area contributed by atoms with Gasteiger partial charge < -0.3 is 5.32 Å². The van der Waals surface area contributed by atoms with Crippen molar-refractivity contribution >= 4 is 5.78 Å². The molecule has 0 spiro atoms. The molecule has 1 N–H and O–H groups in total. The lowest BCUT2D eigenvalue weighted by Gasteiger charge is -2.33. The van der Waals surface area contributed by atoms with Gasteiger partial charge in [-0.15, -0.1) is 0 Å². The first-order valence-corrected chi connectivity index (χ1v) is 7.32. The minimum Gasteiger partial charge on any atom is -0.317 e. The standard InChI is InChI=1S/C14H20N4O3/c1-9(19)11-3-4-12(10-5-7-15-8-6-10)18-14(21)16(2)13(20)17(11)18/h3-4,10-12,15H,5-8H2,1-2H3. The third kappa shape index (κ3) is 2.12.